The van der Waals surface area contributed by atoms with Gasteiger partial charge in [0.1, 0.15) is 12.6 Å². The topological polar surface area (TPSA) is 77.5 Å². The van der Waals surface area contributed by atoms with Gasteiger partial charge in [-0.15, -0.1) is 0 Å². The third kappa shape index (κ3) is 8.03. The zero-order valence-electron chi connectivity index (χ0n) is 11.8. The predicted octanol–water partition coefficient (Wildman–Crippen LogP) is 3.56. The fourth-order valence-corrected chi connectivity index (χ4v) is 2.07. The SMILES string of the molecule is CC(C)C[C@H](NC(=O)OCC(Cl)(Cl)Cl)C(=O)Oc1ccns1. The van der Waals surface area contributed by atoms with E-state index in [0.717, 1.165) is 11.5 Å². The lowest BCUT2D eigenvalue weighted by atomic mass is 10.0. The van der Waals surface area contributed by atoms with E-state index >= 15 is 0 Å². The highest BCUT2D eigenvalue weighted by Crippen LogP contribution is 2.26. The molecule has 0 aromatic carbocycles. The summed E-state index contributed by atoms with van der Waals surface area (Å²) in [5.74, 6) is -0.462. The minimum Gasteiger partial charge on any atom is -0.445 e. The van der Waals surface area contributed by atoms with E-state index in [1.54, 1.807) is 6.07 Å². The highest BCUT2D eigenvalue weighted by atomic mass is 35.6. The highest BCUT2D eigenvalue weighted by Gasteiger charge is 2.27. The summed E-state index contributed by atoms with van der Waals surface area (Å²) < 4.78 is 12.0. The van der Waals surface area contributed by atoms with Crippen molar-refractivity contribution in [3.05, 3.63) is 12.3 Å². The summed E-state index contributed by atoms with van der Waals surface area (Å²) in [7, 11) is 0. The number of ether oxygens (including phenoxy) is 2. The smallest absolute Gasteiger partial charge is 0.407 e. The van der Waals surface area contributed by atoms with Crippen LogP contribution in [-0.4, -0.2) is 32.9 Å². The van der Waals surface area contributed by atoms with Crippen molar-refractivity contribution in [1.29, 1.82) is 0 Å². The number of carbonyl (C=O) groups excluding carboxylic acids is 2. The Morgan fingerprint density at radius 2 is 2.09 bits per heavy atom. The van der Waals surface area contributed by atoms with Crippen LogP contribution >= 0.6 is 46.3 Å². The summed E-state index contributed by atoms with van der Waals surface area (Å²) in [6, 6.07) is 0.681. The standard InChI is InChI=1S/C12H15Cl3N2O4S/c1-7(2)5-8(10(18)21-9-3-4-16-22-9)17-11(19)20-6-12(13,14)15/h3-4,7-8H,5-6H2,1-2H3,(H,17,19)/t8-/m0/s1. The number of hydrogen-bond acceptors (Lipinski definition) is 6. The van der Waals surface area contributed by atoms with Gasteiger partial charge in [0.15, 0.2) is 0 Å². The summed E-state index contributed by atoms with van der Waals surface area (Å²) >= 11 is 17.5. The number of alkyl halides is 3. The molecular weight excluding hydrogens is 375 g/mol. The largest absolute Gasteiger partial charge is 0.445 e. The number of alkyl carbamates (subject to hydrolysis) is 1. The zero-order chi connectivity index (χ0) is 16.8. The molecule has 0 fully saturated rings. The van der Waals surface area contributed by atoms with Crippen molar-refractivity contribution in [2.24, 2.45) is 5.92 Å². The third-order valence-corrected chi connectivity index (χ3v) is 3.22. The summed E-state index contributed by atoms with van der Waals surface area (Å²) in [6.45, 7) is 3.38. The Morgan fingerprint density at radius 3 is 2.59 bits per heavy atom. The molecule has 1 aromatic heterocycles. The molecule has 0 unspecified atom stereocenters. The van der Waals surface area contributed by atoms with E-state index in [1.807, 2.05) is 13.8 Å². The van der Waals surface area contributed by atoms with Crippen LogP contribution in [0.15, 0.2) is 12.3 Å². The summed E-state index contributed by atoms with van der Waals surface area (Å²) in [4.78, 5) is 23.8. The second-order valence-corrected chi connectivity index (χ2v) is 8.08. The van der Waals surface area contributed by atoms with Crippen LogP contribution in [0.4, 0.5) is 4.79 Å². The number of carbonyl (C=O) groups is 2. The lowest BCUT2D eigenvalue weighted by molar-refractivity contribution is -0.136. The van der Waals surface area contributed by atoms with E-state index in [-0.39, 0.29) is 5.92 Å². The number of amides is 1. The van der Waals surface area contributed by atoms with Crippen molar-refractivity contribution >= 4 is 58.4 Å². The van der Waals surface area contributed by atoms with Crippen molar-refractivity contribution in [2.45, 2.75) is 30.1 Å². The molecule has 1 heterocycles. The van der Waals surface area contributed by atoms with Crippen LogP contribution in [0.5, 0.6) is 5.06 Å². The lowest BCUT2D eigenvalue weighted by Gasteiger charge is -2.19. The maximum atomic E-state index is 12.1. The molecule has 0 radical (unpaired) electrons. The first-order valence-corrected chi connectivity index (χ1v) is 8.20. The van der Waals surface area contributed by atoms with Gasteiger partial charge in [0.05, 0.1) is 0 Å². The Labute approximate surface area is 147 Å². The van der Waals surface area contributed by atoms with Crippen LogP contribution < -0.4 is 10.1 Å². The Balaban J connectivity index is 2.59. The van der Waals surface area contributed by atoms with Crippen LogP contribution in [0, 0.1) is 5.92 Å². The predicted molar refractivity (Wildman–Crippen MR) is 85.8 cm³/mol. The minimum atomic E-state index is -1.71. The molecule has 0 aliphatic carbocycles. The minimum absolute atomic E-state index is 0.146. The molecule has 124 valence electrons. The van der Waals surface area contributed by atoms with Crippen LogP contribution in [0.2, 0.25) is 0 Å². The maximum absolute atomic E-state index is 12.1. The molecule has 1 rings (SSSR count). The van der Waals surface area contributed by atoms with Gasteiger partial charge in [-0.3, -0.25) is 0 Å². The fraction of sp³-hybridized carbons (Fsp3) is 0.583. The number of halogens is 3. The Kier molecular flexibility index (Phi) is 7.68. The highest BCUT2D eigenvalue weighted by molar-refractivity contribution is 7.07. The molecule has 1 aromatic rings. The van der Waals surface area contributed by atoms with Gasteiger partial charge in [0, 0.05) is 23.8 Å². The van der Waals surface area contributed by atoms with Gasteiger partial charge >= 0.3 is 12.1 Å². The molecule has 0 aliphatic rings. The molecule has 1 N–H and O–H groups in total. The first-order chi connectivity index (χ1) is 10.2. The average molecular weight is 390 g/mol. The van der Waals surface area contributed by atoms with Crippen molar-refractivity contribution in [2.75, 3.05) is 6.61 Å². The molecule has 6 nitrogen and oxygen atoms in total. The van der Waals surface area contributed by atoms with Crippen LogP contribution in [0.25, 0.3) is 0 Å². The van der Waals surface area contributed by atoms with Crippen LogP contribution in [0.3, 0.4) is 0 Å². The summed E-state index contributed by atoms with van der Waals surface area (Å²) in [5.41, 5.74) is 0. The van der Waals surface area contributed by atoms with Crippen molar-refractivity contribution in [3.8, 4) is 5.06 Å². The first kappa shape index (κ1) is 19.3. The average Bonchev–Trinajstić information content (AvgIpc) is 2.87. The number of nitrogens with one attached hydrogen (secondary N) is 1. The lowest BCUT2D eigenvalue weighted by Crippen LogP contribution is -2.44. The van der Waals surface area contributed by atoms with Crippen molar-refractivity contribution < 1.29 is 19.1 Å². The number of hydrogen-bond donors (Lipinski definition) is 1. The Bertz CT molecular complexity index is 491. The molecule has 0 spiro atoms. The van der Waals surface area contributed by atoms with Gasteiger partial charge in [-0.2, -0.15) is 4.37 Å². The van der Waals surface area contributed by atoms with Crippen LogP contribution in [0.1, 0.15) is 20.3 Å². The van der Waals surface area contributed by atoms with E-state index in [4.69, 9.17) is 44.3 Å². The summed E-state index contributed by atoms with van der Waals surface area (Å²) in [6.07, 6.45) is 1.02. The molecule has 0 aliphatic heterocycles. The third-order valence-electron chi connectivity index (χ3n) is 2.27. The molecular formula is C12H15Cl3N2O4S. The first-order valence-electron chi connectivity index (χ1n) is 6.30. The Morgan fingerprint density at radius 1 is 1.41 bits per heavy atom. The second-order valence-electron chi connectivity index (χ2n) is 4.77. The maximum Gasteiger partial charge on any atom is 0.407 e. The van der Waals surface area contributed by atoms with Gasteiger partial charge in [0.25, 0.3) is 0 Å². The van der Waals surface area contributed by atoms with E-state index in [1.165, 1.54) is 6.20 Å². The Hall–Kier alpha value is -0.760. The monoisotopic (exact) mass is 388 g/mol. The number of rotatable bonds is 6. The molecule has 0 bridgehead atoms. The molecule has 10 heteroatoms. The normalized spacial score (nSPS) is 12.8. The van der Waals surface area contributed by atoms with Gasteiger partial charge in [-0.05, 0) is 12.3 Å². The van der Waals surface area contributed by atoms with Crippen molar-refractivity contribution in [3.63, 3.8) is 0 Å². The fourth-order valence-electron chi connectivity index (χ4n) is 1.44. The van der Waals surface area contributed by atoms with Gasteiger partial charge < -0.3 is 14.8 Å². The summed E-state index contributed by atoms with van der Waals surface area (Å²) in [5, 5.41) is 2.75. The van der Waals surface area contributed by atoms with Crippen LogP contribution in [-0.2, 0) is 9.53 Å². The molecule has 1 amide bonds. The van der Waals surface area contributed by atoms with E-state index in [9.17, 15) is 9.59 Å². The quantitative estimate of drug-likeness (QED) is 0.594. The second kappa shape index (κ2) is 8.76. The van der Waals surface area contributed by atoms with Gasteiger partial charge in [-0.1, -0.05) is 48.7 Å². The molecule has 0 saturated carbocycles. The molecule has 0 saturated heterocycles. The van der Waals surface area contributed by atoms with Crippen molar-refractivity contribution in [1.82, 2.24) is 9.69 Å². The molecule has 1 atom stereocenters. The van der Waals surface area contributed by atoms with E-state index < -0.39 is 28.5 Å². The van der Waals surface area contributed by atoms with E-state index in [0.29, 0.717) is 11.5 Å². The number of nitrogens with zero attached hydrogens (tertiary/aromatic N) is 1. The van der Waals surface area contributed by atoms with Gasteiger partial charge in [0.2, 0.25) is 8.86 Å². The zero-order valence-corrected chi connectivity index (χ0v) is 14.9. The van der Waals surface area contributed by atoms with E-state index in [2.05, 4.69) is 9.69 Å². The number of esters is 1. The number of aromatic nitrogens is 1. The molecule has 22 heavy (non-hydrogen) atoms. The van der Waals surface area contributed by atoms with Gasteiger partial charge in [-0.25, -0.2) is 9.59 Å².